The van der Waals surface area contributed by atoms with Crippen LogP contribution < -0.4 is 10.1 Å². The van der Waals surface area contributed by atoms with Crippen LogP contribution in [0.15, 0.2) is 28.7 Å². The van der Waals surface area contributed by atoms with Crippen LogP contribution in [0.25, 0.3) is 22.4 Å². The maximum atomic E-state index is 13.2. The molecule has 1 N–H and O–H groups in total. The fourth-order valence-electron chi connectivity index (χ4n) is 3.16. The highest BCUT2D eigenvalue weighted by Gasteiger charge is 2.33. The standard InChI is InChI=1S/C23H24F3N3O6/c1-4-6-11-34-22(31)27-12-16-19(21(30)33-5-2)29-20(35-16)14-7-9-15(32-3)18-13(14)8-10-17(28-18)23(24,25)26/h7-10H,4-6,11-12H2,1-3H3,(H,27,31). The number of nitrogens with one attached hydrogen (secondary N) is 1. The molecule has 0 saturated heterocycles. The number of alkyl halides is 3. The number of oxazole rings is 1. The summed E-state index contributed by atoms with van der Waals surface area (Å²) in [6, 6.07) is 4.99. The van der Waals surface area contributed by atoms with Gasteiger partial charge in [-0.1, -0.05) is 13.3 Å². The zero-order chi connectivity index (χ0) is 25.6. The van der Waals surface area contributed by atoms with Crippen LogP contribution in [0, 0.1) is 0 Å². The van der Waals surface area contributed by atoms with E-state index in [9.17, 15) is 22.8 Å². The maximum Gasteiger partial charge on any atom is 0.433 e. The number of carbonyl (C=O) groups is 2. The van der Waals surface area contributed by atoms with Crippen LogP contribution in [0.1, 0.15) is 48.6 Å². The number of aromatic nitrogens is 2. The number of nitrogens with zero attached hydrogens (tertiary/aromatic N) is 2. The molecule has 1 amide bonds. The molecule has 0 aliphatic carbocycles. The highest BCUT2D eigenvalue weighted by atomic mass is 19.4. The number of benzene rings is 1. The molecule has 0 aliphatic heterocycles. The molecule has 0 radical (unpaired) electrons. The molecule has 188 valence electrons. The molecule has 2 aromatic heterocycles. The Morgan fingerprint density at radius 1 is 1.09 bits per heavy atom. The minimum absolute atomic E-state index is 0.00488. The molecule has 0 aliphatic rings. The Balaban J connectivity index is 2.02. The van der Waals surface area contributed by atoms with Gasteiger partial charge in [0.05, 0.1) is 26.9 Å². The van der Waals surface area contributed by atoms with Gasteiger partial charge in [0.2, 0.25) is 5.89 Å². The van der Waals surface area contributed by atoms with Gasteiger partial charge in [0, 0.05) is 10.9 Å². The van der Waals surface area contributed by atoms with Crippen LogP contribution in [0.5, 0.6) is 5.75 Å². The van der Waals surface area contributed by atoms with E-state index >= 15 is 0 Å². The Labute approximate surface area is 198 Å². The number of hydrogen-bond acceptors (Lipinski definition) is 8. The van der Waals surface area contributed by atoms with Crippen molar-refractivity contribution in [2.24, 2.45) is 0 Å². The van der Waals surface area contributed by atoms with Crippen LogP contribution in [-0.4, -0.2) is 42.4 Å². The molecule has 0 unspecified atom stereocenters. The summed E-state index contributed by atoms with van der Waals surface area (Å²) in [5, 5.41) is 2.74. The zero-order valence-electron chi connectivity index (χ0n) is 19.3. The van der Waals surface area contributed by atoms with Crippen LogP contribution in [-0.2, 0) is 22.2 Å². The number of pyridine rings is 1. The lowest BCUT2D eigenvalue weighted by molar-refractivity contribution is -0.140. The van der Waals surface area contributed by atoms with Gasteiger partial charge in [-0.05, 0) is 37.6 Å². The highest BCUT2D eigenvalue weighted by molar-refractivity contribution is 5.97. The zero-order valence-corrected chi connectivity index (χ0v) is 19.3. The fraction of sp³-hybridized carbons (Fsp3) is 0.391. The van der Waals surface area contributed by atoms with Crippen molar-refractivity contribution in [3.05, 3.63) is 41.4 Å². The second-order valence-corrected chi connectivity index (χ2v) is 7.26. The largest absolute Gasteiger partial charge is 0.494 e. The van der Waals surface area contributed by atoms with Gasteiger partial charge >= 0.3 is 18.2 Å². The molecule has 1 aromatic carbocycles. The third-order valence-electron chi connectivity index (χ3n) is 4.85. The van der Waals surface area contributed by atoms with E-state index in [2.05, 4.69) is 15.3 Å². The van der Waals surface area contributed by atoms with Gasteiger partial charge in [-0.3, -0.25) is 0 Å². The average molecular weight is 495 g/mol. The topological polar surface area (TPSA) is 113 Å². The van der Waals surface area contributed by atoms with Gasteiger partial charge in [0.1, 0.15) is 17.0 Å². The van der Waals surface area contributed by atoms with E-state index in [0.717, 1.165) is 12.5 Å². The SMILES string of the molecule is CCCCOC(=O)NCc1oc(-c2ccc(OC)c3nc(C(F)(F)F)ccc23)nc1C(=O)OCC. The van der Waals surface area contributed by atoms with E-state index in [4.69, 9.17) is 18.6 Å². The van der Waals surface area contributed by atoms with Crippen molar-refractivity contribution >= 4 is 23.0 Å². The molecule has 2 heterocycles. The first-order valence-electron chi connectivity index (χ1n) is 10.8. The first-order chi connectivity index (χ1) is 16.7. The number of amides is 1. The van der Waals surface area contributed by atoms with Crippen molar-refractivity contribution in [3.63, 3.8) is 0 Å². The first kappa shape index (κ1) is 25.8. The number of unbranched alkanes of at least 4 members (excludes halogenated alkanes) is 1. The van der Waals surface area contributed by atoms with Crippen LogP contribution in [0.2, 0.25) is 0 Å². The van der Waals surface area contributed by atoms with Crippen molar-refractivity contribution in [1.82, 2.24) is 15.3 Å². The number of esters is 1. The fourth-order valence-corrected chi connectivity index (χ4v) is 3.16. The molecule has 9 nitrogen and oxygen atoms in total. The smallest absolute Gasteiger partial charge is 0.433 e. The first-order valence-corrected chi connectivity index (χ1v) is 10.8. The van der Waals surface area contributed by atoms with E-state index in [-0.39, 0.29) is 59.3 Å². The van der Waals surface area contributed by atoms with Crippen LogP contribution in [0.4, 0.5) is 18.0 Å². The quantitative estimate of drug-likeness (QED) is 0.322. The van der Waals surface area contributed by atoms with Gasteiger partial charge in [-0.15, -0.1) is 0 Å². The maximum absolute atomic E-state index is 13.2. The molecular weight excluding hydrogens is 471 g/mol. The molecule has 0 atom stereocenters. The van der Waals surface area contributed by atoms with E-state index in [1.165, 1.54) is 25.3 Å². The van der Waals surface area contributed by atoms with Gasteiger partial charge < -0.3 is 23.9 Å². The van der Waals surface area contributed by atoms with Gasteiger partial charge in [-0.2, -0.15) is 13.2 Å². The van der Waals surface area contributed by atoms with Crippen molar-refractivity contribution in [3.8, 4) is 17.2 Å². The number of ether oxygens (including phenoxy) is 3. The molecule has 3 aromatic rings. The Bertz CT molecular complexity index is 1210. The van der Waals surface area contributed by atoms with Crippen molar-refractivity contribution in [1.29, 1.82) is 0 Å². The molecule has 12 heteroatoms. The number of halogens is 3. The second kappa shape index (κ2) is 11.1. The molecular formula is C23H24F3N3O6. The Morgan fingerprint density at radius 2 is 1.86 bits per heavy atom. The number of carbonyl (C=O) groups excluding carboxylic acids is 2. The van der Waals surface area contributed by atoms with Crippen molar-refractivity contribution < 1.29 is 41.4 Å². The lowest BCUT2D eigenvalue weighted by Gasteiger charge is -2.11. The minimum Gasteiger partial charge on any atom is -0.494 e. The van der Waals surface area contributed by atoms with E-state index in [1.54, 1.807) is 6.92 Å². The van der Waals surface area contributed by atoms with E-state index in [1.807, 2.05) is 6.92 Å². The summed E-state index contributed by atoms with van der Waals surface area (Å²) >= 11 is 0. The van der Waals surface area contributed by atoms with Gasteiger partial charge in [0.25, 0.3) is 0 Å². The normalized spacial score (nSPS) is 11.4. The lowest BCUT2D eigenvalue weighted by atomic mass is 10.1. The summed E-state index contributed by atoms with van der Waals surface area (Å²) in [5.74, 6) is -0.745. The summed E-state index contributed by atoms with van der Waals surface area (Å²) in [5.41, 5.74) is -1.06. The van der Waals surface area contributed by atoms with Gasteiger partial charge in [-0.25, -0.2) is 19.6 Å². The van der Waals surface area contributed by atoms with Crippen LogP contribution >= 0.6 is 0 Å². The predicted molar refractivity (Wildman–Crippen MR) is 118 cm³/mol. The third-order valence-corrected chi connectivity index (χ3v) is 4.85. The molecule has 0 saturated carbocycles. The predicted octanol–water partition coefficient (Wildman–Crippen LogP) is 5.12. The molecule has 0 fully saturated rings. The number of rotatable bonds is 9. The Hall–Kier alpha value is -3.83. The van der Waals surface area contributed by atoms with Crippen LogP contribution in [0.3, 0.4) is 0 Å². The third kappa shape index (κ3) is 6.00. The van der Waals surface area contributed by atoms with Crippen molar-refractivity contribution in [2.75, 3.05) is 20.3 Å². The summed E-state index contributed by atoms with van der Waals surface area (Å²) in [6.07, 6.45) is -3.81. The van der Waals surface area contributed by atoms with Gasteiger partial charge in [0.15, 0.2) is 11.5 Å². The highest BCUT2D eigenvalue weighted by Crippen LogP contribution is 2.37. The molecule has 0 spiro atoms. The lowest BCUT2D eigenvalue weighted by Crippen LogP contribution is -2.25. The number of hydrogen-bond donors (Lipinski definition) is 1. The molecule has 3 rings (SSSR count). The summed E-state index contributed by atoms with van der Waals surface area (Å²) in [7, 11) is 1.31. The molecule has 0 bridgehead atoms. The monoisotopic (exact) mass is 495 g/mol. The number of methoxy groups -OCH3 is 1. The molecule has 35 heavy (non-hydrogen) atoms. The average Bonchev–Trinajstić information content (AvgIpc) is 3.25. The minimum atomic E-state index is -4.65. The van der Waals surface area contributed by atoms with E-state index < -0.39 is 23.9 Å². The summed E-state index contributed by atoms with van der Waals surface area (Å²) < 4.78 is 60.6. The van der Waals surface area contributed by atoms with Crippen molar-refractivity contribution in [2.45, 2.75) is 39.4 Å². The summed E-state index contributed by atoms with van der Waals surface area (Å²) in [6.45, 7) is 3.65. The number of fused-ring (bicyclic) bond motifs is 1. The number of alkyl carbamates (subject to hydrolysis) is 1. The second-order valence-electron chi connectivity index (χ2n) is 7.26. The Kier molecular flexibility index (Phi) is 8.15. The summed E-state index contributed by atoms with van der Waals surface area (Å²) in [4.78, 5) is 32.3. The van der Waals surface area contributed by atoms with E-state index in [0.29, 0.717) is 6.42 Å². The Morgan fingerprint density at radius 3 is 2.51 bits per heavy atom.